The summed E-state index contributed by atoms with van der Waals surface area (Å²) in [6.45, 7) is 1.58. The van der Waals surface area contributed by atoms with E-state index in [-0.39, 0.29) is 5.69 Å². The van der Waals surface area contributed by atoms with Crippen molar-refractivity contribution in [2.75, 3.05) is 0 Å². The molecule has 1 atom stereocenters. The van der Waals surface area contributed by atoms with Crippen LogP contribution in [-0.4, -0.2) is 33.5 Å². The Morgan fingerprint density at radius 2 is 1.81 bits per heavy atom. The van der Waals surface area contributed by atoms with Gasteiger partial charge in [-0.1, -0.05) is 18.2 Å². The third kappa shape index (κ3) is 3.36. The minimum atomic E-state index is -1.00. The van der Waals surface area contributed by atoms with Gasteiger partial charge in [0.2, 0.25) is 0 Å². The first-order valence-corrected chi connectivity index (χ1v) is 7.61. The van der Waals surface area contributed by atoms with Crippen molar-refractivity contribution in [1.29, 1.82) is 0 Å². The SMILES string of the molecule is CC1=NN(C(=O)c2ccccc2)C(=O)C1N=Nc1ccc([N+](=O)[O-])cc1. The predicted molar refractivity (Wildman–Crippen MR) is 92.1 cm³/mol. The molecule has 1 heterocycles. The maximum atomic E-state index is 12.4. The van der Waals surface area contributed by atoms with Crippen LogP contribution in [0.15, 0.2) is 69.9 Å². The number of carbonyl (C=O) groups is 2. The van der Waals surface area contributed by atoms with Crippen LogP contribution in [0.3, 0.4) is 0 Å². The van der Waals surface area contributed by atoms with E-state index in [0.717, 1.165) is 5.01 Å². The van der Waals surface area contributed by atoms with Crippen LogP contribution in [0.5, 0.6) is 0 Å². The largest absolute Gasteiger partial charge is 0.282 e. The van der Waals surface area contributed by atoms with Crippen LogP contribution in [0.25, 0.3) is 0 Å². The zero-order valence-corrected chi connectivity index (χ0v) is 13.6. The molecule has 0 saturated heterocycles. The van der Waals surface area contributed by atoms with Gasteiger partial charge >= 0.3 is 0 Å². The van der Waals surface area contributed by atoms with Crippen LogP contribution in [-0.2, 0) is 4.79 Å². The number of nitro groups is 1. The molecule has 130 valence electrons. The van der Waals surface area contributed by atoms with Crippen molar-refractivity contribution in [3.05, 3.63) is 70.3 Å². The number of hydrogen-bond donors (Lipinski definition) is 0. The number of imide groups is 1. The molecule has 2 amide bonds. The summed E-state index contributed by atoms with van der Waals surface area (Å²) < 4.78 is 0. The summed E-state index contributed by atoms with van der Waals surface area (Å²) in [6, 6.07) is 12.7. The van der Waals surface area contributed by atoms with E-state index < -0.39 is 22.8 Å². The van der Waals surface area contributed by atoms with Crippen molar-refractivity contribution in [2.45, 2.75) is 13.0 Å². The van der Waals surface area contributed by atoms with Gasteiger partial charge in [0.25, 0.3) is 17.5 Å². The quantitative estimate of drug-likeness (QED) is 0.364. The van der Waals surface area contributed by atoms with E-state index >= 15 is 0 Å². The summed E-state index contributed by atoms with van der Waals surface area (Å²) in [7, 11) is 0. The molecule has 3 rings (SSSR count). The van der Waals surface area contributed by atoms with Crippen LogP contribution in [0.2, 0.25) is 0 Å². The van der Waals surface area contributed by atoms with Crippen LogP contribution in [0.1, 0.15) is 17.3 Å². The lowest BCUT2D eigenvalue weighted by Crippen LogP contribution is -2.34. The van der Waals surface area contributed by atoms with Gasteiger partial charge in [0.15, 0.2) is 6.04 Å². The smallest absolute Gasteiger partial charge is 0.269 e. The number of hydrazone groups is 1. The summed E-state index contributed by atoms with van der Waals surface area (Å²) in [4.78, 5) is 34.9. The van der Waals surface area contributed by atoms with E-state index in [9.17, 15) is 19.7 Å². The van der Waals surface area contributed by atoms with Gasteiger partial charge in [0.1, 0.15) is 0 Å². The summed E-state index contributed by atoms with van der Waals surface area (Å²) in [5.74, 6) is -1.13. The van der Waals surface area contributed by atoms with E-state index in [4.69, 9.17) is 0 Å². The second-order valence-corrected chi connectivity index (χ2v) is 5.45. The standard InChI is InChI=1S/C17H13N5O4/c1-11-15(19-18-13-7-9-14(10-8-13)22(25)26)17(24)21(20-11)16(23)12-5-3-2-4-6-12/h2-10,15H,1H3. The molecule has 1 aliphatic heterocycles. The first kappa shape index (κ1) is 17.1. The van der Waals surface area contributed by atoms with Gasteiger partial charge in [-0.15, -0.1) is 0 Å². The minimum absolute atomic E-state index is 0.0710. The summed E-state index contributed by atoms with van der Waals surface area (Å²) in [6.07, 6.45) is 0. The van der Waals surface area contributed by atoms with Gasteiger partial charge in [-0.3, -0.25) is 19.7 Å². The van der Waals surface area contributed by atoms with E-state index in [1.54, 1.807) is 37.3 Å². The molecule has 1 unspecified atom stereocenters. The molecule has 9 heteroatoms. The maximum absolute atomic E-state index is 12.4. The molecule has 2 aromatic carbocycles. The van der Waals surface area contributed by atoms with E-state index in [2.05, 4.69) is 15.3 Å². The third-order valence-electron chi connectivity index (χ3n) is 3.66. The number of azo groups is 1. The average Bonchev–Trinajstić information content (AvgIpc) is 2.94. The van der Waals surface area contributed by atoms with E-state index in [1.807, 2.05) is 0 Å². The van der Waals surface area contributed by atoms with Crippen molar-refractivity contribution in [1.82, 2.24) is 5.01 Å². The summed E-state index contributed by atoms with van der Waals surface area (Å²) >= 11 is 0. The topological polar surface area (TPSA) is 118 Å². The molecule has 9 nitrogen and oxygen atoms in total. The van der Waals surface area contributed by atoms with Crippen molar-refractivity contribution < 1.29 is 14.5 Å². The highest BCUT2D eigenvalue weighted by atomic mass is 16.6. The number of amides is 2. The molecule has 0 radical (unpaired) electrons. The zero-order chi connectivity index (χ0) is 18.7. The Morgan fingerprint density at radius 1 is 1.15 bits per heavy atom. The lowest BCUT2D eigenvalue weighted by Gasteiger charge is -2.10. The summed E-state index contributed by atoms with van der Waals surface area (Å²) in [5.41, 5.74) is 0.956. The Bertz CT molecular complexity index is 922. The number of hydrogen-bond acceptors (Lipinski definition) is 7. The number of nitro benzene ring substituents is 1. The van der Waals surface area contributed by atoms with Gasteiger partial charge < -0.3 is 0 Å². The molecular weight excluding hydrogens is 338 g/mol. The zero-order valence-electron chi connectivity index (χ0n) is 13.6. The Kier molecular flexibility index (Phi) is 4.61. The first-order valence-electron chi connectivity index (χ1n) is 7.61. The Balaban J connectivity index is 1.75. The minimum Gasteiger partial charge on any atom is -0.269 e. The molecule has 0 aromatic heterocycles. The Hall–Kier alpha value is -3.75. The first-order chi connectivity index (χ1) is 12.5. The number of benzene rings is 2. The maximum Gasteiger partial charge on any atom is 0.282 e. The molecular formula is C17H13N5O4. The predicted octanol–water partition coefficient (Wildman–Crippen LogP) is 3.11. The molecule has 0 N–H and O–H groups in total. The third-order valence-corrected chi connectivity index (χ3v) is 3.66. The molecule has 0 bridgehead atoms. The number of carbonyl (C=O) groups excluding carboxylic acids is 2. The highest BCUT2D eigenvalue weighted by Gasteiger charge is 2.37. The van der Waals surface area contributed by atoms with E-state index in [1.165, 1.54) is 24.3 Å². The van der Waals surface area contributed by atoms with Crippen LogP contribution >= 0.6 is 0 Å². The highest BCUT2D eigenvalue weighted by molar-refractivity contribution is 6.18. The van der Waals surface area contributed by atoms with E-state index in [0.29, 0.717) is 17.0 Å². The number of rotatable bonds is 4. The fraction of sp³-hybridized carbons (Fsp3) is 0.118. The fourth-order valence-corrected chi connectivity index (χ4v) is 2.30. The molecule has 0 aliphatic carbocycles. The van der Waals surface area contributed by atoms with Crippen LogP contribution in [0.4, 0.5) is 11.4 Å². The van der Waals surface area contributed by atoms with Gasteiger partial charge in [-0.05, 0) is 31.2 Å². The van der Waals surface area contributed by atoms with Gasteiger partial charge in [0, 0.05) is 17.7 Å². The molecule has 0 fully saturated rings. The van der Waals surface area contributed by atoms with Gasteiger partial charge in [0.05, 0.1) is 16.3 Å². The second kappa shape index (κ2) is 7.01. The van der Waals surface area contributed by atoms with Gasteiger partial charge in [-0.25, -0.2) is 0 Å². The highest BCUT2D eigenvalue weighted by Crippen LogP contribution is 2.21. The van der Waals surface area contributed by atoms with Crippen LogP contribution in [0, 0.1) is 10.1 Å². The van der Waals surface area contributed by atoms with Crippen molar-refractivity contribution in [2.24, 2.45) is 15.3 Å². The average molecular weight is 351 g/mol. The molecule has 26 heavy (non-hydrogen) atoms. The Labute approximate surface area is 147 Å². The lowest BCUT2D eigenvalue weighted by molar-refractivity contribution is -0.384. The summed E-state index contributed by atoms with van der Waals surface area (Å²) in [5, 5.41) is 23.3. The lowest BCUT2D eigenvalue weighted by atomic mass is 10.2. The normalized spacial score (nSPS) is 16.8. The molecule has 0 spiro atoms. The molecule has 0 saturated carbocycles. The van der Waals surface area contributed by atoms with Gasteiger partial charge in [-0.2, -0.15) is 20.3 Å². The number of non-ortho nitro benzene ring substituents is 1. The van der Waals surface area contributed by atoms with Crippen molar-refractivity contribution >= 4 is 28.9 Å². The monoisotopic (exact) mass is 351 g/mol. The molecule has 2 aromatic rings. The number of nitrogens with zero attached hydrogens (tertiary/aromatic N) is 5. The Morgan fingerprint density at radius 3 is 2.42 bits per heavy atom. The van der Waals surface area contributed by atoms with Crippen molar-refractivity contribution in [3.8, 4) is 0 Å². The van der Waals surface area contributed by atoms with Crippen molar-refractivity contribution in [3.63, 3.8) is 0 Å². The molecule has 1 aliphatic rings. The second-order valence-electron chi connectivity index (χ2n) is 5.45. The fourth-order valence-electron chi connectivity index (χ4n) is 2.30. The van der Waals surface area contributed by atoms with Crippen LogP contribution < -0.4 is 0 Å².